The van der Waals surface area contributed by atoms with Gasteiger partial charge in [-0.2, -0.15) is 0 Å². The number of aryl methyl sites for hydroxylation is 1. The highest BCUT2D eigenvalue weighted by Crippen LogP contribution is 2.25. The van der Waals surface area contributed by atoms with E-state index >= 15 is 0 Å². The van der Waals surface area contributed by atoms with Crippen molar-refractivity contribution in [2.24, 2.45) is 0 Å². The zero-order valence-electron chi connectivity index (χ0n) is 13.0. The number of rotatable bonds is 4. The fourth-order valence-electron chi connectivity index (χ4n) is 2.90. The number of benzene rings is 2. The van der Waals surface area contributed by atoms with Crippen LogP contribution in [0, 0.1) is 5.82 Å². The van der Waals surface area contributed by atoms with Gasteiger partial charge < -0.3 is 9.64 Å². The maximum atomic E-state index is 13.1. The highest BCUT2D eigenvalue weighted by Gasteiger charge is 2.28. The molecule has 1 atom stereocenters. The molecule has 1 amide bonds. The number of morpholine rings is 1. The second kappa shape index (κ2) is 7.38. The molecule has 0 N–H and O–H groups in total. The van der Waals surface area contributed by atoms with E-state index in [-0.39, 0.29) is 17.8 Å². The van der Waals surface area contributed by atoms with Crippen LogP contribution in [0.4, 0.5) is 4.39 Å². The lowest BCUT2D eigenvalue weighted by Gasteiger charge is -2.36. The van der Waals surface area contributed by atoms with E-state index in [4.69, 9.17) is 4.74 Å². The summed E-state index contributed by atoms with van der Waals surface area (Å²) >= 11 is 0. The van der Waals surface area contributed by atoms with E-state index < -0.39 is 0 Å². The van der Waals surface area contributed by atoms with Gasteiger partial charge in [0.2, 0.25) is 5.91 Å². The second-order valence-electron chi connectivity index (χ2n) is 5.71. The molecule has 0 aliphatic carbocycles. The zero-order valence-corrected chi connectivity index (χ0v) is 13.0. The molecule has 4 heteroatoms. The summed E-state index contributed by atoms with van der Waals surface area (Å²) in [6, 6.07) is 16.2. The van der Waals surface area contributed by atoms with Gasteiger partial charge in [-0.05, 0) is 29.7 Å². The van der Waals surface area contributed by atoms with Gasteiger partial charge in [0.1, 0.15) is 5.82 Å². The molecule has 0 aromatic heterocycles. The molecule has 0 saturated carbocycles. The molecule has 2 aromatic carbocycles. The lowest BCUT2D eigenvalue weighted by atomic mass is 10.0. The molecule has 23 heavy (non-hydrogen) atoms. The summed E-state index contributed by atoms with van der Waals surface area (Å²) in [7, 11) is 0. The summed E-state index contributed by atoms with van der Waals surface area (Å²) in [6.07, 6.45) is 1.20. The van der Waals surface area contributed by atoms with Crippen LogP contribution in [0.2, 0.25) is 0 Å². The molecule has 1 aliphatic heterocycles. The number of hydrogen-bond acceptors (Lipinski definition) is 2. The Labute approximate surface area is 135 Å². The summed E-state index contributed by atoms with van der Waals surface area (Å²) in [4.78, 5) is 14.5. The first-order chi connectivity index (χ1) is 11.2. The molecule has 1 unspecified atom stereocenters. The van der Waals surface area contributed by atoms with Gasteiger partial charge in [-0.1, -0.05) is 42.5 Å². The van der Waals surface area contributed by atoms with Gasteiger partial charge in [-0.25, -0.2) is 4.39 Å². The first-order valence-corrected chi connectivity index (χ1v) is 7.90. The molecule has 0 spiro atoms. The fraction of sp³-hybridized carbons (Fsp3) is 0.316. The Kier molecular flexibility index (Phi) is 5.03. The van der Waals surface area contributed by atoms with Crippen molar-refractivity contribution < 1.29 is 13.9 Å². The number of amides is 1. The predicted octanol–water partition coefficient (Wildman–Crippen LogP) is 3.36. The number of halogens is 1. The van der Waals surface area contributed by atoms with Crippen molar-refractivity contribution in [2.75, 3.05) is 19.8 Å². The summed E-state index contributed by atoms with van der Waals surface area (Å²) in [6.45, 7) is 1.59. The van der Waals surface area contributed by atoms with E-state index in [2.05, 4.69) is 0 Å². The van der Waals surface area contributed by atoms with Gasteiger partial charge in [0.25, 0.3) is 0 Å². The zero-order chi connectivity index (χ0) is 16.1. The quantitative estimate of drug-likeness (QED) is 0.866. The molecule has 120 valence electrons. The maximum absolute atomic E-state index is 13.1. The van der Waals surface area contributed by atoms with Crippen LogP contribution in [0.1, 0.15) is 23.6 Å². The smallest absolute Gasteiger partial charge is 0.223 e. The number of hydrogen-bond donors (Lipinski definition) is 0. The van der Waals surface area contributed by atoms with Crippen molar-refractivity contribution in [2.45, 2.75) is 18.9 Å². The molecule has 0 radical (unpaired) electrons. The largest absolute Gasteiger partial charge is 0.377 e. The normalized spacial score (nSPS) is 18.0. The van der Waals surface area contributed by atoms with Crippen LogP contribution in [0.15, 0.2) is 54.6 Å². The third kappa shape index (κ3) is 3.96. The molecule has 1 saturated heterocycles. The Morgan fingerprint density at radius 1 is 1.13 bits per heavy atom. The summed E-state index contributed by atoms with van der Waals surface area (Å²) in [5, 5.41) is 0. The average molecular weight is 313 g/mol. The van der Waals surface area contributed by atoms with Gasteiger partial charge in [0, 0.05) is 13.0 Å². The molecule has 1 aliphatic rings. The van der Waals surface area contributed by atoms with Gasteiger partial charge in [0.15, 0.2) is 0 Å². The highest BCUT2D eigenvalue weighted by atomic mass is 19.1. The Balaban J connectivity index is 1.68. The van der Waals surface area contributed by atoms with E-state index in [1.807, 2.05) is 35.2 Å². The minimum atomic E-state index is -0.271. The number of carbonyl (C=O) groups excluding carboxylic acids is 1. The summed E-state index contributed by atoms with van der Waals surface area (Å²) in [5.41, 5.74) is 2.08. The molecular formula is C19H20FNO2. The Hall–Kier alpha value is -2.20. The molecular weight excluding hydrogens is 293 g/mol. The summed E-state index contributed by atoms with van der Waals surface area (Å²) < 4.78 is 18.6. The Morgan fingerprint density at radius 3 is 2.61 bits per heavy atom. The van der Waals surface area contributed by atoms with Crippen LogP contribution in [0.25, 0.3) is 0 Å². The number of carbonyl (C=O) groups is 1. The minimum Gasteiger partial charge on any atom is -0.377 e. The van der Waals surface area contributed by atoms with Crippen molar-refractivity contribution in [1.29, 1.82) is 0 Å². The molecule has 3 nitrogen and oxygen atoms in total. The lowest BCUT2D eigenvalue weighted by Crippen LogP contribution is -2.43. The third-order valence-electron chi connectivity index (χ3n) is 4.17. The molecule has 2 aromatic rings. The van der Waals surface area contributed by atoms with Crippen molar-refractivity contribution in [3.8, 4) is 0 Å². The lowest BCUT2D eigenvalue weighted by molar-refractivity contribution is -0.140. The first-order valence-electron chi connectivity index (χ1n) is 7.90. The minimum absolute atomic E-state index is 0.117. The SMILES string of the molecule is O=C(CCc1ccccc1)N1CCOCC1c1ccc(F)cc1. The number of nitrogens with zero attached hydrogens (tertiary/aromatic N) is 1. The topological polar surface area (TPSA) is 29.5 Å². The molecule has 1 heterocycles. The van der Waals surface area contributed by atoms with Crippen LogP contribution in [0.3, 0.4) is 0 Å². The molecule has 1 fully saturated rings. The van der Waals surface area contributed by atoms with Crippen molar-refractivity contribution >= 4 is 5.91 Å². The number of ether oxygens (including phenoxy) is 1. The van der Waals surface area contributed by atoms with Crippen molar-refractivity contribution in [1.82, 2.24) is 4.90 Å². The van der Waals surface area contributed by atoms with Gasteiger partial charge in [-0.15, -0.1) is 0 Å². The third-order valence-corrected chi connectivity index (χ3v) is 4.17. The maximum Gasteiger partial charge on any atom is 0.223 e. The van der Waals surface area contributed by atoms with E-state index in [9.17, 15) is 9.18 Å². The van der Waals surface area contributed by atoms with Crippen LogP contribution < -0.4 is 0 Å². The molecule has 3 rings (SSSR count). The standard InChI is InChI=1S/C19H20FNO2/c20-17-9-7-16(8-10-17)18-14-23-13-12-21(18)19(22)11-6-15-4-2-1-3-5-15/h1-5,7-10,18H,6,11-14H2. The Morgan fingerprint density at radius 2 is 1.87 bits per heavy atom. The average Bonchev–Trinajstić information content (AvgIpc) is 2.61. The van der Waals surface area contributed by atoms with Gasteiger partial charge >= 0.3 is 0 Å². The fourth-order valence-corrected chi connectivity index (χ4v) is 2.90. The van der Waals surface area contributed by atoms with Crippen molar-refractivity contribution in [3.63, 3.8) is 0 Å². The molecule has 0 bridgehead atoms. The van der Waals surface area contributed by atoms with Gasteiger partial charge in [0.05, 0.1) is 19.3 Å². The monoisotopic (exact) mass is 313 g/mol. The van der Waals surface area contributed by atoms with Crippen LogP contribution in [0.5, 0.6) is 0 Å². The van der Waals surface area contributed by atoms with Crippen LogP contribution in [-0.2, 0) is 16.0 Å². The first kappa shape index (κ1) is 15.7. The van der Waals surface area contributed by atoms with E-state index in [0.29, 0.717) is 26.2 Å². The van der Waals surface area contributed by atoms with Crippen LogP contribution >= 0.6 is 0 Å². The van der Waals surface area contributed by atoms with E-state index in [1.54, 1.807) is 12.1 Å². The highest BCUT2D eigenvalue weighted by molar-refractivity contribution is 5.77. The Bertz CT molecular complexity index is 642. The van der Waals surface area contributed by atoms with Gasteiger partial charge in [-0.3, -0.25) is 4.79 Å². The summed E-state index contributed by atoms with van der Waals surface area (Å²) in [5.74, 6) is -0.154. The van der Waals surface area contributed by atoms with Crippen LogP contribution in [-0.4, -0.2) is 30.6 Å². The predicted molar refractivity (Wildman–Crippen MR) is 86.4 cm³/mol. The van der Waals surface area contributed by atoms with E-state index in [1.165, 1.54) is 12.1 Å². The van der Waals surface area contributed by atoms with Crippen molar-refractivity contribution in [3.05, 3.63) is 71.5 Å². The second-order valence-corrected chi connectivity index (χ2v) is 5.71. The van der Waals surface area contributed by atoms with E-state index in [0.717, 1.165) is 17.5 Å².